The van der Waals surface area contributed by atoms with Gasteiger partial charge in [0.05, 0.1) is 12.6 Å². The lowest BCUT2D eigenvalue weighted by Gasteiger charge is -2.17. The van der Waals surface area contributed by atoms with Crippen LogP contribution in [-0.2, 0) is 0 Å². The minimum Gasteiger partial charge on any atom is -0.297 e. The predicted octanol–water partition coefficient (Wildman–Crippen LogP) is 3.15. The summed E-state index contributed by atoms with van der Waals surface area (Å²) in [6.07, 6.45) is 1.24. The van der Waals surface area contributed by atoms with Gasteiger partial charge in [-0.05, 0) is 36.0 Å². The van der Waals surface area contributed by atoms with Gasteiger partial charge in [-0.3, -0.25) is 5.32 Å². The van der Waals surface area contributed by atoms with Crippen LogP contribution in [0.15, 0.2) is 24.3 Å². The van der Waals surface area contributed by atoms with Crippen LogP contribution in [0.5, 0.6) is 0 Å². The van der Waals surface area contributed by atoms with Crippen molar-refractivity contribution in [3.05, 3.63) is 34.9 Å². The number of nitriles is 1. The minimum absolute atomic E-state index is 0.298. The Labute approximate surface area is 101 Å². The molecule has 2 nitrogen and oxygen atoms in total. The van der Waals surface area contributed by atoms with E-state index in [1.165, 1.54) is 12.0 Å². The molecule has 0 saturated heterocycles. The highest BCUT2D eigenvalue weighted by molar-refractivity contribution is 6.30. The molecule has 2 rings (SSSR count). The first-order chi connectivity index (χ1) is 7.72. The zero-order chi connectivity index (χ0) is 11.5. The lowest BCUT2D eigenvalue weighted by Crippen LogP contribution is -2.23. The Kier molecular flexibility index (Phi) is 3.48. The SMILES string of the molecule is C[C@@H]1C[C@@H]1[C@H](NCC#N)c1ccc(Cl)cc1. The Hall–Kier alpha value is -1.04. The summed E-state index contributed by atoms with van der Waals surface area (Å²) < 4.78 is 0. The molecule has 1 saturated carbocycles. The number of benzene rings is 1. The number of rotatable bonds is 4. The zero-order valence-corrected chi connectivity index (χ0v) is 10.0. The average Bonchev–Trinajstić information content (AvgIpc) is 2.99. The van der Waals surface area contributed by atoms with Crippen molar-refractivity contribution in [3.63, 3.8) is 0 Å². The Morgan fingerprint density at radius 2 is 2.12 bits per heavy atom. The van der Waals surface area contributed by atoms with E-state index in [0.717, 1.165) is 10.9 Å². The van der Waals surface area contributed by atoms with Gasteiger partial charge in [0.1, 0.15) is 0 Å². The zero-order valence-electron chi connectivity index (χ0n) is 9.28. The molecule has 1 aromatic carbocycles. The van der Waals surface area contributed by atoms with Crippen LogP contribution in [-0.4, -0.2) is 6.54 Å². The Morgan fingerprint density at radius 3 is 2.62 bits per heavy atom. The molecule has 3 heteroatoms. The van der Waals surface area contributed by atoms with Gasteiger partial charge in [-0.25, -0.2) is 0 Å². The van der Waals surface area contributed by atoms with Crippen molar-refractivity contribution in [2.75, 3.05) is 6.54 Å². The van der Waals surface area contributed by atoms with Crippen LogP contribution in [0.25, 0.3) is 0 Å². The number of nitrogens with one attached hydrogen (secondary N) is 1. The van der Waals surface area contributed by atoms with E-state index in [-0.39, 0.29) is 0 Å². The predicted molar refractivity (Wildman–Crippen MR) is 65.1 cm³/mol. The second kappa shape index (κ2) is 4.86. The summed E-state index contributed by atoms with van der Waals surface area (Å²) in [5.41, 5.74) is 1.23. The first-order valence-electron chi connectivity index (χ1n) is 5.58. The summed E-state index contributed by atoms with van der Waals surface area (Å²) in [4.78, 5) is 0. The Bertz CT molecular complexity index is 393. The van der Waals surface area contributed by atoms with E-state index in [0.29, 0.717) is 18.5 Å². The second-order valence-corrected chi connectivity index (χ2v) is 4.88. The van der Waals surface area contributed by atoms with Gasteiger partial charge in [-0.2, -0.15) is 5.26 Å². The van der Waals surface area contributed by atoms with E-state index < -0.39 is 0 Å². The van der Waals surface area contributed by atoms with Gasteiger partial charge in [-0.1, -0.05) is 30.7 Å². The summed E-state index contributed by atoms with van der Waals surface area (Å²) in [7, 11) is 0. The number of halogens is 1. The smallest absolute Gasteiger partial charge is 0.0845 e. The maximum Gasteiger partial charge on any atom is 0.0845 e. The van der Waals surface area contributed by atoms with Crippen LogP contribution in [0, 0.1) is 23.2 Å². The monoisotopic (exact) mass is 234 g/mol. The summed E-state index contributed by atoms with van der Waals surface area (Å²) in [5, 5.41) is 12.7. The molecule has 16 heavy (non-hydrogen) atoms. The van der Waals surface area contributed by atoms with Crippen molar-refractivity contribution in [1.82, 2.24) is 5.32 Å². The van der Waals surface area contributed by atoms with E-state index in [1.54, 1.807) is 0 Å². The highest BCUT2D eigenvalue weighted by atomic mass is 35.5. The second-order valence-electron chi connectivity index (χ2n) is 4.45. The maximum absolute atomic E-state index is 8.64. The molecule has 0 aliphatic heterocycles. The molecule has 0 bridgehead atoms. The van der Waals surface area contributed by atoms with E-state index in [2.05, 4.69) is 18.3 Å². The Morgan fingerprint density at radius 1 is 1.50 bits per heavy atom. The molecule has 0 unspecified atom stereocenters. The number of nitrogens with zero attached hydrogens (tertiary/aromatic N) is 1. The molecule has 0 amide bonds. The third kappa shape index (κ3) is 2.55. The summed E-state index contributed by atoms with van der Waals surface area (Å²) in [6.45, 7) is 2.65. The van der Waals surface area contributed by atoms with E-state index in [9.17, 15) is 0 Å². The summed E-state index contributed by atoms with van der Waals surface area (Å²) in [6, 6.07) is 10.3. The van der Waals surface area contributed by atoms with Gasteiger partial charge in [0.2, 0.25) is 0 Å². The summed E-state index contributed by atoms with van der Waals surface area (Å²) in [5.74, 6) is 1.42. The van der Waals surface area contributed by atoms with Crippen molar-refractivity contribution in [2.24, 2.45) is 11.8 Å². The number of hydrogen-bond donors (Lipinski definition) is 1. The molecule has 1 aliphatic rings. The molecule has 1 aromatic rings. The van der Waals surface area contributed by atoms with Crippen LogP contribution < -0.4 is 5.32 Å². The molecule has 3 atom stereocenters. The van der Waals surface area contributed by atoms with Crippen molar-refractivity contribution < 1.29 is 0 Å². The Balaban J connectivity index is 2.12. The quantitative estimate of drug-likeness (QED) is 0.813. The van der Waals surface area contributed by atoms with Gasteiger partial charge in [0, 0.05) is 11.1 Å². The molecule has 0 aromatic heterocycles. The van der Waals surface area contributed by atoms with Gasteiger partial charge >= 0.3 is 0 Å². The standard InChI is InChI=1S/C13H15ClN2/c1-9-8-12(9)13(16-7-6-15)10-2-4-11(14)5-3-10/h2-5,9,12-13,16H,7-8H2,1H3/t9-,12+,13-/m1/s1. The lowest BCUT2D eigenvalue weighted by molar-refractivity contribution is 0.487. The third-order valence-corrected chi connectivity index (χ3v) is 3.48. The fraction of sp³-hybridized carbons (Fsp3) is 0.462. The van der Waals surface area contributed by atoms with Crippen LogP contribution in [0.3, 0.4) is 0 Å². The van der Waals surface area contributed by atoms with Crippen LogP contribution in [0.4, 0.5) is 0 Å². The number of hydrogen-bond acceptors (Lipinski definition) is 2. The van der Waals surface area contributed by atoms with Gasteiger partial charge < -0.3 is 0 Å². The van der Waals surface area contributed by atoms with Crippen LogP contribution in [0.1, 0.15) is 24.9 Å². The molecular formula is C13H15ClN2. The fourth-order valence-corrected chi connectivity index (χ4v) is 2.28. The fourth-order valence-electron chi connectivity index (χ4n) is 2.16. The van der Waals surface area contributed by atoms with E-state index in [4.69, 9.17) is 16.9 Å². The molecule has 1 fully saturated rings. The van der Waals surface area contributed by atoms with Crippen molar-refractivity contribution in [3.8, 4) is 6.07 Å². The molecule has 84 valence electrons. The van der Waals surface area contributed by atoms with Crippen LogP contribution in [0.2, 0.25) is 5.02 Å². The van der Waals surface area contributed by atoms with Crippen LogP contribution >= 0.6 is 11.6 Å². The molecule has 0 radical (unpaired) electrons. The highest BCUT2D eigenvalue weighted by Gasteiger charge is 2.39. The highest BCUT2D eigenvalue weighted by Crippen LogP contribution is 2.46. The van der Waals surface area contributed by atoms with Crippen molar-refractivity contribution >= 4 is 11.6 Å². The lowest BCUT2D eigenvalue weighted by atomic mass is 10.0. The van der Waals surface area contributed by atoms with Crippen molar-refractivity contribution in [1.29, 1.82) is 5.26 Å². The molecule has 1 aliphatic carbocycles. The third-order valence-electron chi connectivity index (χ3n) is 3.23. The normalized spacial score (nSPS) is 24.8. The largest absolute Gasteiger partial charge is 0.297 e. The van der Waals surface area contributed by atoms with Crippen molar-refractivity contribution in [2.45, 2.75) is 19.4 Å². The van der Waals surface area contributed by atoms with E-state index >= 15 is 0 Å². The van der Waals surface area contributed by atoms with E-state index in [1.807, 2.05) is 24.3 Å². The first kappa shape index (κ1) is 11.4. The molecular weight excluding hydrogens is 220 g/mol. The molecule has 1 N–H and O–H groups in total. The minimum atomic E-state index is 0.298. The van der Waals surface area contributed by atoms with Gasteiger partial charge in [0.25, 0.3) is 0 Å². The molecule has 0 spiro atoms. The maximum atomic E-state index is 8.64. The van der Waals surface area contributed by atoms with Gasteiger partial charge in [0.15, 0.2) is 0 Å². The average molecular weight is 235 g/mol. The van der Waals surface area contributed by atoms with Gasteiger partial charge in [-0.15, -0.1) is 0 Å². The topological polar surface area (TPSA) is 35.8 Å². The first-order valence-corrected chi connectivity index (χ1v) is 5.96. The molecule has 0 heterocycles. The summed E-state index contributed by atoms with van der Waals surface area (Å²) >= 11 is 5.87.